The number of rotatable bonds is 4. The number of halogens is 1. The van der Waals surface area contributed by atoms with Crippen molar-refractivity contribution in [3.63, 3.8) is 0 Å². The van der Waals surface area contributed by atoms with E-state index in [1.54, 1.807) is 11.5 Å². The summed E-state index contributed by atoms with van der Waals surface area (Å²) in [4.78, 5) is 17.5. The van der Waals surface area contributed by atoms with Crippen LogP contribution in [0.4, 0.5) is 0 Å². The zero-order chi connectivity index (χ0) is 19.6. The lowest BCUT2D eigenvalue weighted by molar-refractivity contribution is 0.0998. The molecule has 0 radical (unpaired) electrons. The van der Waals surface area contributed by atoms with Gasteiger partial charge in [0.05, 0.1) is 27.4 Å². The molecule has 1 aromatic heterocycles. The van der Waals surface area contributed by atoms with E-state index in [2.05, 4.69) is 26.8 Å². The number of hydrogen-bond donors (Lipinski definition) is 0. The van der Waals surface area contributed by atoms with E-state index in [1.807, 2.05) is 18.2 Å². The van der Waals surface area contributed by atoms with Crippen LogP contribution in [-0.4, -0.2) is 24.6 Å². The smallest absolute Gasteiger partial charge is 0.279 e. The first kappa shape index (κ1) is 19.5. The molecule has 3 rings (SSSR count). The Morgan fingerprint density at radius 2 is 1.96 bits per heavy atom. The largest absolute Gasteiger partial charge is 0.305 e. The van der Waals surface area contributed by atoms with Gasteiger partial charge >= 0.3 is 0 Å². The molecule has 0 saturated carbocycles. The summed E-state index contributed by atoms with van der Waals surface area (Å²) in [6, 6.07) is 11.6. The van der Waals surface area contributed by atoms with Crippen molar-refractivity contribution in [1.29, 1.82) is 0 Å². The number of aromatic nitrogens is 1. The summed E-state index contributed by atoms with van der Waals surface area (Å²) in [5.41, 5.74) is 1.22. The lowest BCUT2D eigenvalue weighted by Gasteiger charge is -2.02. The lowest BCUT2D eigenvalue weighted by Crippen LogP contribution is -2.16. The average molecular weight is 463 g/mol. The lowest BCUT2D eigenvalue weighted by atomic mass is 10.2. The van der Waals surface area contributed by atoms with E-state index in [1.165, 1.54) is 35.6 Å². The van der Waals surface area contributed by atoms with Crippen molar-refractivity contribution in [1.82, 2.24) is 4.57 Å². The predicted molar refractivity (Wildman–Crippen MR) is 110 cm³/mol. The molecule has 0 fully saturated rings. The van der Waals surface area contributed by atoms with Gasteiger partial charge in [-0.1, -0.05) is 40.1 Å². The summed E-state index contributed by atoms with van der Waals surface area (Å²) in [6.07, 6.45) is 5.46. The Bertz CT molecular complexity index is 1230. The molecular weight excluding hydrogens is 448 g/mol. The number of terminal acetylenes is 1. The molecule has 0 atom stereocenters. The van der Waals surface area contributed by atoms with Gasteiger partial charge < -0.3 is 4.57 Å². The Morgan fingerprint density at radius 1 is 1.26 bits per heavy atom. The average Bonchev–Trinajstić information content (AvgIpc) is 2.98. The Labute approximate surface area is 169 Å². The van der Waals surface area contributed by atoms with Gasteiger partial charge in [-0.3, -0.25) is 4.79 Å². The first-order chi connectivity index (χ1) is 12.9. The molecule has 0 aliphatic carbocycles. The minimum atomic E-state index is -3.31. The van der Waals surface area contributed by atoms with Crippen molar-refractivity contribution < 1.29 is 13.2 Å². The third kappa shape index (κ3) is 4.05. The van der Waals surface area contributed by atoms with Gasteiger partial charge in [-0.2, -0.15) is 4.99 Å². The van der Waals surface area contributed by atoms with Crippen molar-refractivity contribution in [2.45, 2.75) is 18.4 Å². The highest BCUT2D eigenvalue weighted by molar-refractivity contribution is 9.10. The van der Waals surface area contributed by atoms with E-state index in [0.717, 1.165) is 14.7 Å². The van der Waals surface area contributed by atoms with Crippen LogP contribution in [0.25, 0.3) is 10.2 Å². The first-order valence-corrected chi connectivity index (χ1v) is 11.3. The van der Waals surface area contributed by atoms with Crippen LogP contribution in [0.5, 0.6) is 0 Å². The minimum absolute atomic E-state index is 0.00804. The Hall–Kier alpha value is -2.21. The molecule has 27 heavy (non-hydrogen) atoms. The molecule has 0 saturated heterocycles. The SMILES string of the molecule is C#CCn1c(=NC(=O)c2ccc(S(=O)(=O)CC)cc2)sc2cc(Br)ccc21. The van der Waals surface area contributed by atoms with Gasteiger partial charge in [-0.25, -0.2) is 8.42 Å². The van der Waals surface area contributed by atoms with E-state index >= 15 is 0 Å². The molecule has 5 nitrogen and oxygen atoms in total. The molecule has 0 aliphatic heterocycles. The Kier molecular flexibility index (Phi) is 5.65. The summed E-state index contributed by atoms with van der Waals surface area (Å²) < 4.78 is 27.5. The van der Waals surface area contributed by atoms with Gasteiger partial charge in [0.1, 0.15) is 0 Å². The maximum absolute atomic E-state index is 12.6. The highest BCUT2D eigenvalue weighted by Crippen LogP contribution is 2.22. The van der Waals surface area contributed by atoms with E-state index in [9.17, 15) is 13.2 Å². The third-order valence-electron chi connectivity index (χ3n) is 3.93. The van der Waals surface area contributed by atoms with Crippen LogP contribution in [0.1, 0.15) is 17.3 Å². The monoisotopic (exact) mass is 462 g/mol. The highest BCUT2D eigenvalue weighted by Gasteiger charge is 2.13. The van der Waals surface area contributed by atoms with Crippen LogP contribution in [0, 0.1) is 12.3 Å². The number of thiazole rings is 1. The second-order valence-corrected chi connectivity index (χ2v) is 9.83. The summed E-state index contributed by atoms with van der Waals surface area (Å²) in [7, 11) is -3.31. The molecule has 3 aromatic rings. The maximum atomic E-state index is 12.6. The van der Waals surface area contributed by atoms with Gasteiger partial charge in [-0.05, 0) is 42.5 Å². The predicted octanol–water partition coefficient (Wildman–Crippen LogP) is 3.63. The molecule has 2 aromatic carbocycles. The number of fused-ring (bicyclic) bond motifs is 1. The van der Waals surface area contributed by atoms with Crippen LogP contribution < -0.4 is 4.80 Å². The van der Waals surface area contributed by atoms with E-state index in [0.29, 0.717) is 16.9 Å². The number of carbonyl (C=O) groups excluding carboxylic acids is 1. The fourth-order valence-electron chi connectivity index (χ4n) is 2.50. The van der Waals surface area contributed by atoms with Crippen molar-refractivity contribution in [3.05, 3.63) is 57.3 Å². The second kappa shape index (κ2) is 7.80. The van der Waals surface area contributed by atoms with E-state index in [4.69, 9.17) is 6.42 Å². The number of benzene rings is 2. The summed E-state index contributed by atoms with van der Waals surface area (Å²) in [5, 5.41) is 0. The van der Waals surface area contributed by atoms with Gasteiger partial charge in [0, 0.05) is 10.0 Å². The molecule has 0 unspecified atom stereocenters. The molecule has 0 spiro atoms. The maximum Gasteiger partial charge on any atom is 0.279 e. The summed E-state index contributed by atoms with van der Waals surface area (Å²) in [5.74, 6) is 2.14. The standard InChI is InChI=1S/C19H15BrN2O3S2/c1-3-11-22-16-10-7-14(20)12-17(16)26-19(22)21-18(23)13-5-8-15(9-6-13)27(24,25)4-2/h1,5-10,12H,4,11H2,2H3. The minimum Gasteiger partial charge on any atom is -0.305 e. The fraction of sp³-hybridized carbons (Fsp3) is 0.158. The van der Waals surface area contributed by atoms with Gasteiger partial charge in [0.15, 0.2) is 14.6 Å². The van der Waals surface area contributed by atoms with Crippen LogP contribution in [0.3, 0.4) is 0 Å². The normalized spacial score (nSPS) is 12.3. The molecular formula is C19H15BrN2O3S2. The molecule has 1 heterocycles. The van der Waals surface area contributed by atoms with E-state index in [-0.39, 0.29) is 10.6 Å². The van der Waals surface area contributed by atoms with Crippen LogP contribution in [0.15, 0.2) is 56.8 Å². The molecule has 1 amide bonds. The topological polar surface area (TPSA) is 68.5 Å². The molecule has 138 valence electrons. The summed E-state index contributed by atoms with van der Waals surface area (Å²) >= 11 is 4.80. The van der Waals surface area contributed by atoms with Crippen molar-refractivity contribution in [2.75, 3.05) is 5.75 Å². The number of nitrogens with zero attached hydrogens (tertiary/aromatic N) is 2. The Balaban J connectivity index is 2.05. The van der Waals surface area contributed by atoms with Gasteiger partial charge in [-0.15, -0.1) is 6.42 Å². The first-order valence-electron chi connectivity index (χ1n) is 8.00. The number of carbonyl (C=O) groups is 1. The van der Waals surface area contributed by atoms with Gasteiger partial charge in [0.25, 0.3) is 5.91 Å². The molecule has 0 N–H and O–H groups in total. The van der Waals surface area contributed by atoms with Crippen LogP contribution >= 0.6 is 27.3 Å². The van der Waals surface area contributed by atoms with Gasteiger partial charge in [0.2, 0.25) is 0 Å². The zero-order valence-electron chi connectivity index (χ0n) is 14.3. The fourth-order valence-corrected chi connectivity index (χ4v) is 4.96. The van der Waals surface area contributed by atoms with Crippen molar-refractivity contribution in [3.8, 4) is 12.3 Å². The third-order valence-corrected chi connectivity index (χ3v) is 7.22. The highest BCUT2D eigenvalue weighted by atomic mass is 79.9. The second-order valence-electron chi connectivity index (χ2n) is 5.63. The number of hydrogen-bond acceptors (Lipinski definition) is 4. The zero-order valence-corrected chi connectivity index (χ0v) is 17.6. The van der Waals surface area contributed by atoms with E-state index < -0.39 is 15.7 Å². The van der Waals surface area contributed by atoms with Crippen LogP contribution in [-0.2, 0) is 16.4 Å². The van der Waals surface area contributed by atoms with Crippen molar-refractivity contribution in [2.24, 2.45) is 4.99 Å². The number of sulfone groups is 1. The number of amides is 1. The molecule has 0 bridgehead atoms. The van der Waals surface area contributed by atoms with Crippen LogP contribution in [0.2, 0.25) is 0 Å². The Morgan fingerprint density at radius 3 is 2.59 bits per heavy atom. The molecule has 0 aliphatic rings. The molecule has 8 heteroatoms. The quantitative estimate of drug-likeness (QED) is 0.555. The summed E-state index contributed by atoms with van der Waals surface area (Å²) in [6.45, 7) is 1.87. The van der Waals surface area contributed by atoms with Crippen molar-refractivity contribution >= 4 is 53.2 Å².